The molecular weight excluding hydrogens is 397 g/mol. The molecular formula is C18H17F3N2O4S. The Morgan fingerprint density at radius 3 is 2.50 bits per heavy atom. The van der Waals surface area contributed by atoms with Crippen molar-refractivity contribution in [2.45, 2.75) is 30.1 Å². The quantitative estimate of drug-likeness (QED) is 0.814. The summed E-state index contributed by atoms with van der Waals surface area (Å²) in [5, 5.41) is 2.47. The molecule has 0 bridgehead atoms. The first-order valence-corrected chi connectivity index (χ1v) is 9.84. The topological polar surface area (TPSA) is 75.7 Å². The summed E-state index contributed by atoms with van der Waals surface area (Å²) in [6.45, 7) is 0.187. The van der Waals surface area contributed by atoms with E-state index in [0.29, 0.717) is 12.8 Å². The van der Waals surface area contributed by atoms with Gasteiger partial charge in [0, 0.05) is 18.3 Å². The van der Waals surface area contributed by atoms with E-state index in [0.717, 1.165) is 16.4 Å². The fourth-order valence-electron chi connectivity index (χ4n) is 3.01. The minimum atomic E-state index is -4.85. The van der Waals surface area contributed by atoms with Gasteiger partial charge in [0.1, 0.15) is 11.8 Å². The maximum absolute atomic E-state index is 12.8. The molecule has 1 amide bonds. The van der Waals surface area contributed by atoms with Gasteiger partial charge in [-0.25, -0.2) is 8.42 Å². The minimum absolute atomic E-state index is 0.0790. The SMILES string of the molecule is O=C(Nc1cccc(OC(F)(F)F)c1)C1CCCN1S(=O)(=O)c1ccccc1. The molecule has 1 N–H and O–H groups in total. The number of hydrogen-bond acceptors (Lipinski definition) is 4. The molecule has 3 rings (SSSR count). The van der Waals surface area contributed by atoms with Gasteiger partial charge >= 0.3 is 6.36 Å². The van der Waals surface area contributed by atoms with Crippen molar-refractivity contribution in [3.63, 3.8) is 0 Å². The largest absolute Gasteiger partial charge is 0.573 e. The van der Waals surface area contributed by atoms with Gasteiger partial charge in [0.2, 0.25) is 15.9 Å². The molecule has 0 aromatic heterocycles. The van der Waals surface area contributed by atoms with Crippen LogP contribution in [0.3, 0.4) is 0 Å². The van der Waals surface area contributed by atoms with E-state index in [4.69, 9.17) is 0 Å². The van der Waals surface area contributed by atoms with Crippen LogP contribution in [0, 0.1) is 0 Å². The van der Waals surface area contributed by atoms with Crippen LogP contribution in [0.5, 0.6) is 5.75 Å². The summed E-state index contributed by atoms with van der Waals surface area (Å²) in [5.41, 5.74) is 0.0794. The van der Waals surface area contributed by atoms with E-state index in [-0.39, 0.29) is 17.1 Å². The summed E-state index contributed by atoms with van der Waals surface area (Å²) in [6, 6.07) is 11.6. The van der Waals surface area contributed by atoms with Gasteiger partial charge in [0.15, 0.2) is 0 Å². The minimum Gasteiger partial charge on any atom is -0.406 e. The van der Waals surface area contributed by atoms with Crippen LogP contribution in [0.2, 0.25) is 0 Å². The molecule has 1 heterocycles. The number of sulfonamides is 1. The Kier molecular flexibility index (Phi) is 5.61. The summed E-state index contributed by atoms with van der Waals surface area (Å²) in [7, 11) is -3.86. The highest BCUT2D eigenvalue weighted by atomic mass is 32.2. The lowest BCUT2D eigenvalue weighted by molar-refractivity contribution is -0.274. The zero-order valence-electron chi connectivity index (χ0n) is 14.5. The van der Waals surface area contributed by atoms with Gasteiger partial charge in [0.05, 0.1) is 4.90 Å². The maximum Gasteiger partial charge on any atom is 0.573 e. The van der Waals surface area contributed by atoms with Crippen molar-refractivity contribution in [2.24, 2.45) is 0 Å². The molecule has 1 unspecified atom stereocenters. The zero-order valence-corrected chi connectivity index (χ0v) is 15.3. The van der Waals surface area contributed by atoms with Crippen molar-refractivity contribution in [1.29, 1.82) is 0 Å². The number of ether oxygens (including phenoxy) is 1. The maximum atomic E-state index is 12.8. The van der Waals surface area contributed by atoms with Crippen molar-refractivity contribution >= 4 is 21.6 Å². The summed E-state index contributed by atoms with van der Waals surface area (Å²) in [5.74, 6) is -1.09. The number of alkyl halides is 3. The standard InChI is InChI=1S/C18H17F3N2O4S/c19-18(20,21)27-14-7-4-6-13(12-14)22-17(24)16-10-5-11-23(16)28(25,26)15-8-2-1-3-9-15/h1-4,6-9,12,16H,5,10-11H2,(H,22,24). The Morgan fingerprint density at radius 1 is 1.11 bits per heavy atom. The van der Waals surface area contributed by atoms with Crippen LogP contribution in [0.25, 0.3) is 0 Å². The number of anilines is 1. The summed E-state index contributed by atoms with van der Waals surface area (Å²) in [6.07, 6.45) is -4.04. The molecule has 150 valence electrons. The Morgan fingerprint density at radius 2 is 1.82 bits per heavy atom. The molecule has 0 radical (unpaired) electrons. The van der Waals surface area contributed by atoms with E-state index >= 15 is 0 Å². The number of halogens is 3. The smallest absolute Gasteiger partial charge is 0.406 e. The normalized spacial score (nSPS) is 18.0. The van der Waals surface area contributed by atoms with E-state index < -0.39 is 34.1 Å². The molecule has 1 saturated heterocycles. The van der Waals surface area contributed by atoms with Crippen LogP contribution < -0.4 is 10.1 Å². The molecule has 0 aliphatic carbocycles. The summed E-state index contributed by atoms with van der Waals surface area (Å²) in [4.78, 5) is 12.7. The zero-order chi connectivity index (χ0) is 20.4. The number of carbonyl (C=O) groups is 1. The van der Waals surface area contributed by atoms with Crippen molar-refractivity contribution in [3.8, 4) is 5.75 Å². The predicted octanol–water partition coefficient (Wildman–Crippen LogP) is 3.38. The van der Waals surface area contributed by atoms with Gasteiger partial charge in [-0.3, -0.25) is 4.79 Å². The van der Waals surface area contributed by atoms with Gasteiger partial charge in [0.25, 0.3) is 0 Å². The second kappa shape index (κ2) is 7.80. The number of rotatable bonds is 5. The van der Waals surface area contributed by atoms with Crippen molar-refractivity contribution < 1.29 is 31.1 Å². The van der Waals surface area contributed by atoms with E-state index in [1.165, 1.54) is 24.3 Å². The second-order valence-corrected chi connectivity index (χ2v) is 8.04. The third kappa shape index (κ3) is 4.63. The fourth-order valence-corrected chi connectivity index (χ4v) is 4.69. The summed E-state index contributed by atoms with van der Waals surface area (Å²) >= 11 is 0. The van der Waals surface area contributed by atoms with Crippen molar-refractivity contribution in [1.82, 2.24) is 4.31 Å². The monoisotopic (exact) mass is 414 g/mol. The number of nitrogens with zero attached hydrogens (tertiary/aromatic N) is 1. The molecule has 1 atom stereocenters. The van der Waals surface area contributed by atoms with Crippen molar-refractivity contribution in [2.75, 3.05) is 11.9 Å². The molecule has 10 heteroatoms. The lowest BCUT2D eigenvalue weighted by Crippen LogP contribution is -2.43. The predicted molar refractivity (Wildman–Crippen MR) is 95.1 cm³/mol. The molecule has 0 saturated carbocycles. The molecule has 2 aromatic rings. The fraction of sp³-hybridized carbons (Fsp3) is 0.278. The first-order valence-electron chi connectivity index (χ1n) is 8.40. The average Bonchev–Trinajstić information content (AvgIpc) is 3.12. The first-order chi connectivity index (χ1) is 13.2. The molecule has 28 heavy (non-hydrogen) atoms. The van der Waals surface area contributed by atoms with Crippen LogP contribution in [-0.2, 0) is 14.8 Å². The van der Waals surface area contributed by atoms with Crippen LogP contribution in [-0.4, -0.2) is 37.6 Å². The Balaban J connectivity index is 1.76. The lowest BCUT2D eigenvalue weighted by atomic mass is 10.2. The van der Waals surface area contributed by atoms with E-state index in [1.807, 2.05) is 0 Å². The van der Waals surface area contributed by atoms with E-state index in [2.05, 4.69) is 10.1 Å². The van der Waals surface area contributed by atoms with Crippen molar-refractivity contribution in [3.05, 3.63) is 54.6 Å². The molecule has 1 aliphatic rings. The van der Waals surface area contributed by atoms with E-state index in [1.54, 1.807) is 18.2 Å². The Labute approximate surface area is 160 Å². The number of nitrogens with one attached hydrogen (secondary N) is 1. The number of hydrogen-bond donors (Lipinski definition) is 1. The third-order valence-electron chi connectivity index (χ3n) is 4.19. The molecule has 0 spiro atoms. The highest BCUT2D eigenvalue weighted by molar-refractivity contribution is 7.89. The van der Waals surface area contributed by atoms with Crippen LogP contribution in [0.1, 0.15) is 12.8 Å². The highest BCUT2D eigenvalue weighted by Gasteiger charge is 2.39. The van der Waals surface area contributed by atoms with Gasteiger partial charge in [-0.1, -0.05) is 24.3 Å². The molecule has 2 aromatic carbocycles. The van der Waals surface area contributed by atoms with Gasteiger partial charge in [-0.2, -0.15) is 4.31 Å². The second-order valence-electron chi connectivity index (χ2n) is 6.15. The van der Waals surface area contributed by atoms with Gasteiger partial charge in [-0.05, 0) is 37.1 Å². The molecule has 1 aliphatic heterocycles. The Bertz CT molecular complexity index is 949. The number of benzene rings is 2. The third-order valence-corrected chi connectivity index (χ3v) is 6.11. The van der Waals surface area contributed by atoms with Crippen LogP contribution in [0.15, 0.2) is 59.5 Å². The first kappa shape index (κ1) is 20.2. The van der Waals surface area contributed by atoms with Crippen LogP contribution in [0.4, 0.5) is 18.9 Å². The van der Waals surface area contributed by atoms with E-state index in [9.17, 15) is 26.4 Å². The molecule has 6 nitrogen and oxygen atoms in total. The molecule has 1 fully saturated rings. The lowest BCUT2D eigenvalue weighted by Gasteiger charge is -2.23. The van der Waals surface area contributed by atoms with Gasteiger partial charge in [-0.15, -0.1) is 13.2 Å². The number of amides is 1. The average molecular weight is 414 g/mol. The van der Waals surface area contributed by atoms with Gasteiger partial charge < -0.3 is 10.1 Å². The number of carbonyl (C=O) groups excluding carboxylic acids is 1. The Hall–Kier alpha value is -2.59. The van der Waals surface area contributed by atoms with Crippen LogP contribution >= 0.6 is 0 Å². The highest BCUT2D eigenvalue weighted by Crippen LogP contribution is 2.28. The summed E-state index contributed by atoms with van der Waals surface area (Å²) < 4.78 is 67.6.